The first kappa shape index (κ1) is 18.1. The summed E-state index contributed by atoms with van der Waals surface area (Å²) in [5.41, 5.74) is 1.22. The number of carbonyl (C=O) groups excluding carboxylic acids is 2. The van der Waals surface area contributed by atoms with Crippen molar-refractivity contribution in [1.29, 1.82) is 0 Å². The highest BCUT2D eigenvalue weighted by Gasteiger charge is 2.62. The summed E-state index contributed by atoms with van der Waals surface area (Å²) in [6.07, 6.45) is 3.32. The Morgan fingerprint density at radius 3 is 2.72 bits per heavy atom. The molecule has 0 bridgehead atoms. The highest BCUT2D eigenvalue weighted by atomic mass is 16.5. The van der Waals surface area contributed by atoms with Crippen LogP contribution < -0.4 is 0 Å². The van der Waals surface area contributed by atoms with Crippen molar-refractivity contribution in [3.05, 3.63) is 23.9 Å². The summed E-state index contributed by atoms with van der Waals surface area (Å²) in [5.74, 6) is -1.10. The number of hydrogen-bond acceptors (Lipinski definition) is 5. The third-order valence-electron chi connectivity index (χ3n) is 5.32. The monoisotopic (exact) mass is 349 g/mol. The van der Waals surface area contributed by atoms with E-state index in [1.54, 1.807) is 11.8 Å². The van der Waals surface area contributed by atoms with Crippen molar-refractivity contribution in [1.82, 2.24) is 4.90 Å². The van der Waals surface area contributed by atoms with E-state index in [1.807, 2.05) is 13.8 Å². The number of ether oxygens (including phenoxy) is 2. The Kier molecular flexibility index (Phi) is 5.02. The molecule has 0 aromatic rings. The fourth-order valence-electron chi connectivity index (χ4n) is 4.50. The maximum Gasteiger partial charge on any atom is 0.355 e. The number of fused-ring (bicyclic) bond motifs is 3. The predicted octanol–water partition coefficient (Wildman–Crippen LogP) is 1.78. The normalized spacial score (nSPS) is 32.2. The van der Waals surface area contributed by atoms with E-state index < -0.39 is 18.0 Å². The first-order valence-electron chi connectivity index (χ1n) is 9.07. The minimum absolute atomic E-state index is 0.0261. The van der Waals surface area contributed by atoms with Gasteiger partial charge in [-0.15, -0.1) is 0 Å². The van der Waals surface area contributed by atoms with Gasteiger partial charge in [0.25, 0.3) is 0 Å². The number of amides is 1. The second-order valence-corrected chi connectivity index (χ2v) is 7.37. The molecule has 1 saturated heterocycles. The molecule has 6 heteroatoms. The summed E-state index contributed by atoms with van der Waals surface area (Å²) in [6.45, 7) is 9.23. The Bertz CT molecular complexity index is 609. The lowest BCUT2D eigenvalue weighted by molar-refractivity contribution is -0.164. The maximum absolute atomic E-state index is 12.7. The molecular formula is C19H27NO5. The summed E-state index contributed by atoms with van der Waals surface area (Å²) in [5, 5.41) is 10.0. The van der Waals surface area contributed by atoms with Gasteiger partial charge >= 0.3 is 5.97 Å². The highest BCUT2D eigenvalue weighted by Crippen LogP contribution is 2.53. The summed E-state index contributed by atoms with van der Waals surface area (Å²) < 4.78 is 11.3. The van der Waals surface area contributed by atoms with E-state index in [9.17, 15) is 14.7 Å². The molecule has 0 radical (unpaired) electrons. The number of carbonyl (C=O) groups is 2. The third-order valence-corrected chi connectivity index (χ3v) is 5.32. The number of aliphatic hydroxyl groups is 1. The number of β-lactam (4-membered cyclic amide) rings is 1. The quantitative estimate of drug-likeness (QED) is 0.449. The first-order valence-corrected chi connectivity index (χ1v) is 9.07. The highest BCUT2D eigenvalue weighted by molar-refractivity contribution is 6.01. The number of hydrogen-bond donors (Lipinski definition) is 1. The lowest BCUT2D eigenvalue weighted by Crippen LogP contribution is -2.64. The van der Waals surface area contributed by atoms with Crippen molar-refractivity contribution in [2.24, 2.45) is 11.8 Å². The summed E-state index contributed by atoms with van der Waals surface area (Å²) in [4.78, 5) is 26.8. The molecule has 5 atom stereocenters. The number of nitrogens with zero attached hydrogens (tertiary/aromatic N) is 1. The second kappa shape index (κ2) is 6.92. The van der Waals surface area contributed by atoms with Gasteiger partial charge in [0.2, 0.25) is 5.91 Å². The number of rotatable bonds is 6. The zero-order chi connectivity index (χ0) is 18.3. The molecule has 1 unspecified atom stereocenters. The molecule has 0 aromatic carbocycles. The van der Waals surface area contributed by atoms with Gasteiger partial charge in [-0.25, -0.2) is 4.79 Å². The molecule has 138 valence electrons. The van der Waals surface area contributed by atoms with E-state index in [-0.39, 0.29) is 36.7 Å². The molecule has 1 N–H and O–H groups in total. The van der Waals surface area contributed by atoms with Gasteiger partial charge in [-0.05, 0) is 45.6 Å². The topological polar surface area (TPSA) is 76.1 Å². The van der Waals surface area contributed by atoms with Crippen LogP contribution in [0.15, 0.2) is 23.9 Å². The van der Waals surface area contributed by atoms with E-state index in [0.717, 1.165) is 24.8 Å². The Labute approximate surface area is 148 Å². The van der Waals surface area contributed by atoms with Crippen molar-refractivity contribution in [2.75, 3.05) is 6.61 Å². The van der Waals surface area contributed by atoms with Crippen LogP contribution in [-0.2, 0) is 19.1 Å². The molecule has 3 rings (SSSR count). The van der Waals surface area contributed by atoms with Crippen molar-refractivity contribution < 1.29 is 24.2 Å². The van der Waals surface area contributed by atoms with Crippen molar-refractivity contribution >= 4 is 11.9 Å². The molecule has 3 aliphatic rings. The van der Waals surface area contributed by atoms with Gasteiger partial charge in [-0.1, -0.05) is 12.7 Å². The Balaban J connectivity index is 1.99. The van der Waals surface area contributed by atoms with Gasteiger partial charge in [0.15, 0.2) is 0 Å². The van der Waals surface area contributed by atoms with Crippen LogP contribution in [0.1, 0.15) is 40.0 Å². The SMILES string of the molecule is C=CCOC(=O)C1=C2[C@H](OC(C)C)CCC[C@@H]2[C@@H]2[C@@H](C(C)O)C(=O)N12. The van der Waals surface area contributed by atoms with Crippen molar-refractivity contribution in [2.45, 2.75) is 64.4 Å². The number of esters is 1. The van der Waals surface area contributed by atoms with Crippen LogP contribution in [0.25, 0.3) is 0 Å². The van der Waals surface area contributed by atoms with Crippen LogP contribution in [0, 0.1) is 11.8 Å². The molecule has 1 amide bonds. The van der Waals surface area contributed by atoms with Gasteiger partial charge in [0.05, 0.1) is 30.3 Å². The summed E-state index contributed by atoms with van der Waals surface area (Å²) in [6, 6.07) is -0.160. The van der Waals surface area contributed by atoms with Crippen LogP contribution in [0.2, 0.25) is 0 Å². The minimum Gasteiger partial charge on any atom is -0.457 e. The molecule has 25 heavy (non-hydrogen) atoms. The minimum atomic E-state index is -0.732. The molecule has 0 spiro atoms. The van der Waals surface area contributed by atoms with E-state index in [1.165, 1.54) is 6.08 Å². The predicted molar refractivity (Wildman–Crippen MR) is 91.3 cm³/mol. The molecule has 2 aliphatic heterocycles. The van der Waals surface area contributed by atoms with Gasteiger partial charge in [0.1, 0.15) is 12.3 Å². The second-order valence-electron chi connectivity index (χ2n) is 7.37. The lowest BCUT2D eigenvalue weighted by atomic mass is 9.71. The average Bonchev–Trinajstić information content (AvgIpc) is 2.83. The standard InChI is InChI=1S/C19H27NO5/c1-5-9-24-19(23)17-15-12(7-6-8-13(15)25-10(2)3)16-14(11(4)21)18(22)20(16)17/h5,10-14,16,21H,1,6-9H2,2-4H3/t11?,12-,13+,14+,16+/m0/s1. The van der Waals surface area contributed by atoms with Crippen LogP contribution in [0.4, 0.5) is 0 Å². The molecule has 6 nitrogen and oxygen atoms in total. The Morgan fingerprint density at radius 1 is 1.40 bits per heavy atom. The van der Waals surface area contributed by atoms with Crippen LogP contribution in [0.3, 0.4) is 0 Å². The van der Waals surface area contributed by atoms with Gasteiger partial charge in [-0.2, -0.15) is 0 Å². The maximum atomic E-state index is 12.7. The van der Waals surface area contributed by atoms with Gasteiger partial charge in [0, 0.05) is 5.92 Å². The fraction of sp³-hybridized carbons (Fsp3) is 0.684. The molecular weight excluding hydrogens is 322 g/mol. The first-order chi connectivity index (χ1) is 11.9. The van der Waals surface area contributed by atoms with Gasteiger partial charge in [-0.3, -0.25) is 4.79 Å². The molecule has 1 saturated carbocycles. The van der Waals surface area contributed by atoms with Crippen LogP contribution in [0.5, 0.6) is 0 Å². The largest absolute Gasteiger partial charge is 0.457 e. The van der Waals surface area contributed by atoms with E-state index in [4.69, 9.17) is 9.47 Å². The van der Waals surface area contributed by atoms with Crippen LogP contribution in [-0.4, -0.2) is 52.8 Å². The zero-order valence-corrected chi connectivity index (χ0v) is 15.1. The lowest BCUT2D eigenvalue weighted by Gasteiger charge is -2.47. The molecule has 0 aromatic heterocycles. The summed E-state index contributed by atoms with van der Waals surface area (Å²) in [7, 11) is 0. The summed E-state index contributed by atoms with van der Waals surface area (Å²) >= 11 is 0. The average molecular weight is 349 g/mol. The van der Waals surface area contributed by atoms with E-state index >= 15 is 0 Å². The molecule has 1 aliphatic carbocycles. The van der Waals surface area contributed by atoms with Crippen molar-refractivity contribution in [3.63, 3.8) is 0 Å². The molecule has 2 heterocycles. The Hall–Kier alpha value is -1.66. The fourth-order valence-corrected chi connectivity index (χ4v) is 4.50. The van der Waals surface area contributed by atoms with Crippen molar-refractivity contribution in [3.8, 4) is 0 Å². The van der Waals surface area contributed by atoms with E-state index in [2.05, 4.69) is 6.58 Å². The zero-order valence-electron chi connectivity index (χ0n) is 15.1. The third kappa shape index (κ3) is 2.91. The number of aliphatic hydroxyl groups excluding tert-OH is 1. The van der Waals surface area contributed by atoms with E-state index in [0.29, 0.717) is 5.70 Å². The Morgan fingerprint density at radius 2 is 2.12 bits per heavy atom. The molecule has 2 fully saturated rings. The van der Waals surface area contributed by atoms with Gasteiger partial charge < -0.3 is 19.5 Å². The smallest absolute Gasteiger partial charge is 0.355 e. The van der Waals surface area contributed by atoms with Crippen LogP contribution >= 0.6 is 0 Å².